The SMILES string of the molecule is CCCNS(=O)(=O)c1cccc(CNC2CC2)c1C. The number of sulfonamides is 1. The van der Waals surface area contributed by atoms with E-state index >= 15 is 0 Å². The van der Waals surface area contributed by atoms with Gasteiger partial charge in [0.25, 0.3) is 0 Å². The number of nitrogens with one attached hydrogen (secondary N) is 2. The number of benzene rings is 1. The molecule has 1 aromatic rings. The smallest absolute Gasteiger partial charge is 0.240 e. The molecule has 0 aromatic heterocycles. The molecule has 4 nitrogen and oxygen atoms in total. The molecule has 0 heterocycles. The van der Waals surface area contributed by atoms with Crippen molar-refractivity contribution in [2.75, 3.05) is 6.54 Å². The maximum atomic E-state index is 12.2. The van der Waals surface area contributed by atoms with Gasteiger partial charge in [0.05, 0.1) is 4.90 Å². The molecule has 1 aliphatic carbocycles. The second-order valence-electron chi connectivity index (χ2n) is 5.09. The first-order valence-electron chi connectivity index (χ1n) is 6.86. The summed E-state index contributed by atoms with van der Waals surface area (Å²) in [4.78, 5) is 0.399. The van der Waals surface area contributed by atoms with Crippen LogP contribution in [0.4, 0.5) is 0 Å². The molecule has 0 atom stereocenters. The fourth-order valence-electron chi connectivity index (χ4n) is 2.00. The Bertz CT molecular complexity index is 536. The minimum atomic E-state index is -3.38. The molecule has 1 saturated carbocycles. The zero-order valence-corrected chi connectivity index (χ0v) is 12.4. The first kappa shape index (κ1) is 14.5. The van der Waals surface area contributed by atoms with Crippen molar-refractivity contribution < 1.29 is 8.42 Å². The summed E-state index contributed by atoms with van der Waals surface area (Å²) in [5.74, 6) is 0. The van der Waals surface area contributed by atoms with Crippen LogP contribution in [-0.2, 0) is 16.6 Å². The van der Waals surface area contributed by atoms with Crippen LogP contribution in [0, 0.1) is 6.92 Å². The van der Waals surface area contributed by atoms with Gasteiger partial charge in [-0.3, -0.25) is 0 Å². The van der Waals surface area contributed by atoms with E-state index in [2.05, 4.69) is 10.0 Å². The van der Waals surface area contributed by atoms with Gasteiger partial charge in [-0.1, -0.05) is 19.1 Å². The van der Waals surface area contributed by atoms with E-state index in [1.807, 2.05) is 26.0 Å². The molecule has 2 rings (SSSR count). The minimum Gasteiger partial charge on any atom is -0.310 e. The molecule has 1 aromatic carbocycles. The highest BCUT2D eigenvalue weighted by Gasteiger charge is 2.21. The van der Waals surface area contributed by atoms with Gasteiger partial charge in [0.15, 0.2) is 0 Å². The molecule has 2 N–H and O–H groups in total. The second-order valence-corrected chi connectivity index (χ2v) is 6.83. The topological polar surface area (TPSA) is 58.2 Å². The van der Waals surface area contributed by atoms with Crippen molar-refractivity contribution in [3.05, 3.63) is 29.3 Å². The summed E-state index contributed by atoms with van der Waals surface area (Å²) in [7, 11) is -3.38. The van der Waals surface area contributed by atoms with Crippen molar-refractivity contribution in [1.29, 1.82) is 0 Å². The van der Waals surface area contributed by atoms with Crippen LogP contribution in [0.2, 0.25) is 0 Å². The Morgan fingerprint density at radius 3 is 2.68 bits per heavy atom. The highest BCUT2D eigenvalue weighted by Crippen LogP contribution is 2.22. The summed E-state index contributed by atoms with van der Waals surface area (Å²) in [6.07, 6.45) is 3.26. The number of rotatable bonds is 7. The molecule has 19 heavy (non-hydrogen) atoms. The molecular formula is C14H22N2O2S. The first-order valence-corrected chi connectivity index (χ1v) is 8.34. The van der Waals surface area contributed by atoms with Crippen molar-refractivity contribution >= 4 is 10.0 Å². The predicted octanol–water partition coefficient (Wildman–Crippen LogP) is 1.94. The van der Waals surface area contributed by atoms with E-state index < -0.39 is 10.0 Å². The molecule has 1 fully saturated rings. The van der Waals surface area contributed by atoms with E-state index in [-0.39, 0.29) is 0 Å². The molecule has 106 valence electrons. The Kier molecular flexibility index (Phi) is 4.60. The van der Waals surface area contributed by atoms with Gasteiger partial charge in [0.1, 0.15) is 0 Å². The van der Waals surface area contributed by atoms with Crippen molar-refractivity contribution in [3.63, 3.8) is 0 Å². The third-order valence-electron chi connectivity index (χ3n) is 3.39. The van der Waals surface area contributed by atoms with Crippen LogP contribution in [0.5, 0.6) is 0 Å². The van der Waals surface area contributed by atoms with Crippen molar-refractivity contribution in [2.24, 2.45) is 0 Å². The summed E-state index contributed by atoms with van der Waals surface area (Å²) in [5, 5.41) is 3.42. The molecule has 0 spiro atoms. The fourth-order valence-corrected chi connectivity index (χ4v) is 3.42. The Balaban J connectivity index is 2.17. The molecule has 0 unspecified atom stereocenters. The molecular weight excluding hydrogens is 260 g/mol. The molecule has 0 aliphatic heterocycles. The summed E-state index contributed by atoms with van der Waals surface area (Å²) < 4.78 is 27.0. The summed E-state index contributed by atoms with van der Waals surface area (Å²) in [6, 6.07) is 6.10. The van der Waals surface area contributed by atoms with E-state index in [9.17, 15) is 8.42 Å². The lowest BCUT2D eigenvalue weighted by Gasteiger charge is -2.13. The summed E-state index contributed by atoms with van der Waals surface area (Å²) in [6.45, 7) is 5.05. The first-order chi connectivity index (χ1) is 9.04. The largest absolute Gasteiger partial charge is 0.310 e. The Morgan fingerprint density at radius 2 is 2.05 bits per heavy atom. The van der Waals surface area contributed by atoms with E-state index in [1.165, 1.54) is 12.8 Å². The quantitative estimate of drug-likeness (QED) is 0.803. The number of hydrogen-bond acceptors (Lipinski definition) is 3. The van der Waals surface area contributed by atoms with E-state index in [0.717, 1.165) is 24.1 Å². The highest BCUT2D eigenvalue weighted by atomic mass is 32.2. The monoisotopic (exact) mass is 282 g/mol. The lowest BCUT2D eigenvalue weighted by Crippen LogP contribution is -2.25. The summed E-state index contributed by atoms with van der Waals surface area (Å²) in [5.41, 5.74) is 1.91. The minimum absolute atomic E-state index is 0.399. The lowest BCUT2D eigenvalue weighted by molar-refractivity contribution is 0.579. The van der Waals surface area contributed by atoms with Crippen molar-refractivity contribution in [3.8, 4) is 0 Å². The zero-order valence-electron chi connectivity index (χ0n) is 11.6. The van der Waals surface area contributed by atoms with Gasteiger partial charge in [0.2, 0.25) is 10.0 Å². The van der Waals surface area contributed by atoms with Crippen LogP contribution in [0.15, 0.2) is 23.1 Å². The van der Waals surface area contributed by atoms with E-state index in [1.54, 1.807) is 6.07 Å². The lowest BCUT2D eigenvalue weighted by atomic mass is 10.1. The van der Waals surface area contributed by atoms with Crippen LogP contribution in [0.25, 0.3) is 0 Å². The standard InChI is InChI=1S/C14H22N2O2S/c1-3-9-16-19(17,18)14-6-4-5-12(11(14)2)10-15-13-7-8-13/h4-6,13,15-16H,3,7-10H2,1-2H3. The number of hydrogen-bond donors (Lipinski definition) is 2. The van der Waals surface area contributed by atoms with Gasteiger partial charge in [-0.2, -0.15) is 0 Å². The van der Waals surface area contributed by atoms with E-state index in [0.29, 0.717) is 17.5 Å². The molecule has 1 aliphatic rings. The van der Waals surface area contributed by atoms with Crippen LogP contribution in [-0.4, -0.2) is 21.0 Å². The van der Waals surface area contributed by atoms with Crippen LogP contribution < -0.4 is 10.0 Å². The zero-order chi connectivity index (χ0) is 13.9. The fraction of sp³-hybridized carbons (Fsp3) is 0.571. The second kappa shape index (κ2) is 6.03. The predicted molar refractivity (Wildman–Crippen MR) is 76.5 cm³/mol. The average Bonchev–Trinajstić information content (AvgIpc) is 3.19. The van der Waals surface area contributed by atoms with Crippen LogP contribution in [0.1, 0.15) is 37.3 Å². The van der Waals surface area contributed by atoms with Crippen LogP contribution >= 0.6 is 0 Å². The highest BCUT2D eigenvalue weighted by molar-refractivity contribution is 7.89. The third-order valence-corrected chi connectivity index (χ3v) is 4.99. The summed E-state index contributed by atoms with van der Waals surface area (Å²) >= 11 is 0. The van der Waals surface area contributed by atoms with Crippen molar-refractivity contribution in [1.82, 2.24) is 10.0 Å². The maximum absolute atomic E-state index is 12.2. The Hall–Kier alpha value is -0.910. The van der Waals surface area contributed by atoms with Gasteiger partial charge >= 0.3 is 0 Å². The Morgan fingerprint density at radius 1 is 1.32 bits per heavy atom. The molecule has 0 radical (unpaired) electrons. The Labute approximate surface area is 115 Å². The van der Waals surface area contributed by atoms with Gasteiger partial charge in [-0.25, -0.2) is 13.1 Å². The normalized spacial score (nSPS) is 15.7. The van der Waals surface area contributed by atoms with Gasteiger partial charge in [-0.05, 0) is 43.4 Å². The van der Waals surface area contributed by atoms with Crippen molar-refractivity contribution in [2.45, 2.75) is 50.6 Å². The maximum Gasteiger partial charge on any atom is 0.240 e. The molecule has 0 amide bonds. The molecule has 0 bridgehead atoms. The van der Waals surface area contributed by atoms with Gasteiger partial charge in [-0.15, -0.1) is 0 Å². The van der Waals surface area contributed by atoms with Gasteiger partial charge in [0, 0.05) is 19.1 Å². The van der Waals surface area contributed by atoms with Crippen LogP contribution in [0.3, 0.4) is 0 Å². The average molecular weight is 282 g/mol. The third kappa shape index (κ3) is 3.78. The van der Waals surface area contributed by atoms with Gasteiger partial charge < -0.3 is 5.32 Å². The molecule has 0 saturated heterocycles. The molecule has 5 heteroatoms. The van der Waals surface area contributed by atoms with E-state index in [4.69, 9.17) is 0 Å².